The Kier molecular flexibility index (Phi) is 3.75. The van der Waals surface area contributed by atoms with Crippen LogP contribution in [0.5, 0.6) is 0 Å². The molecule has 1 N–H and O–H groups in total. The number of pyridine rings is 1. The molecule has 0 aliphatic carbocycles. The van der Waals surface area contributed by atoms with E-state index in [-0.39, 0.29) is 17.8 Å². The molecule has 2 aromatic rings. The Balaban J connectivity index is 2.15. The van der Waals surface area contributed by atoms with Crippen LogP contribution in [0, 0.1) is 12.7 Å². The predicted octanol–water partition coefficient (Wildman–Crippen LogP) is 1.93. The van der Waals surface area contributed by atoms with Crippen LogP contribution < -0.4 is 10.9 Å². The minimum absolute atomic E-state index is 0.106. The van der Waals surface area contributed by atoms with Crippen LogP contribution in [0.2, 0.25) is 0 Å². The van der Waals surface area contributed by atoms with Crippen molar-refractivity contribution in [1.82, 2.24) is 4.57 Å². The molecular weight excluding hydrogens is 247 g/mol. The monoisotopic (exact) mass is 260 g/mol. The lowest BCUT2D eigenvalue weighted by Gasteiger charge is -2.10. The van der Waals surface area contributed by atoms with Crippen molar-refractivity contribution in [2.24, 2.45) is 0 Å². The van der Waals surface area contributed by atoms with Crippen molar-refractivity contribution in [2.45, 2.75) is 13.5 Å². The molecule has 0 radical (unpaired) electrons. The number of aryl methyl sites for hydroxylation is 1. The van der Waals surface area contributed by atoms with E-state index in [4.69, 9.17) is 0 Å². The summed E-state index contributed by atoms with van der Waals surface area (Å²) in [6, 6.07) is 10.6. The van der Waals surface area contributed by atoms with E-state index in [0.29, 0.717) is 5.69 Å². The van der Waals surface area contributed by atoms with Gasteiger partial charge in [-0.15, -0.1) is 0 Å². The zero-order valence-corrected chi connectivity index (χ0v) is 10.4. The van der Waals surface area contributed by atoms with Crippen LogP contribution in [-0.4, -0.2) is 10.5 Å². The number of nitrogens with zero attached hydrogens (tertiary/aromatic N) is 1. The van der Waals surface area contributed by atoms with Gasteiger partial charge in [-0.2, -0.15) is 0 Å². The average molecular weight is 260 g/mol. The molecule has 0 unspecified atom stereocenters. The summed E-state index contributed by atoms with van der Waals surface area (Å²) in [5, 5.41) is 2.44. The summed E-state index contributed by atoms with van der Waals surface area (Å²) in [7, 11) is 0. The third-order valence-corrected chi connectivity index (χ3v) is 2.72. The summed E-state index contributed by atoms with van der Waals surface area (Å²) in [6.07, 6.45) is 0. The topological polar surface area (TPSA) is 51.1 Å². The van der Waals surface area contributed by atoms with E-state index in [1.165, 1.54) is 28.8 Å². The third kappa shape index (κ3) is 3.07. The maximum atomic E-state index is 13.4. The van der Waals surface area contributed by atoms with E-state index in [2.05, 4.69) is 5.32 Å². The number of carbonyl (C=O) groups is 1. The highest BCUT2D eigenvalue weighted by Crippen LogP contribution is 2.12. The molecule has 19 heavy (non-hydrogen) atoms. The smallest absolute Gasteiger partial charge is 0.251 e. The number of amides is 1. The lowest BCUT2D eigenvalue weighted by atomic mass is 10.3. The van der Waals surface area contributed by atoms with E-state index in [0.717, 1.165) is 0 Å². The first-order valence-electron chi connectivity index (χ1n) is 5.79. The molecule has 5 heteroatoms. The van der Waals surface area contributed by atoms with Gasteiger partial charge < -0.3 is 9.88 Å². The number of hydrogen-bond donors (Lipinski definition) is 1. The second-order valence-corrected chi connectivity index (χ2v) is 4.12. The van der Waals surface area contributed by atoms with Crippen molar-refractivity contribution < 1.29 is 9.18 Å². The second kappa shape index (κ2) is 5.48. The van der Waals surface area contributed by atoms with Gasteiger partial charge in [-0.05, 0) is 25.1 Å². The fourth-order valence-electron chi connectivity index (χ4n) is 1.72. The Morgan fingerprint density at radius 2 is 1.95 bits per heavy atom. The predicted molar refractivity (Wildman–Crippen MR) is 70.5 cm³/mol. The highest BCUT2D eigenvalue weighted by atomic mass is 19.1. The molecule has 2 rings (SSSR count). The molecule has 1 aromatic carbocycles. The van der Waals surface area contributed by atoms with Crippen LogP contribution in [0.1, 0.15) is 5.69 Å². The molecule has 0 atom stereocenters. The Labute approximate surface area is 109 Å². The van der Waals surface area contributed by atoms with Crippen molar-refractivity contribution >= 4 is 11.6 Å². The van der Waals surface area contributed by atoms with Gasteiger partial charge in [0, 0.05) is 11.8 Å². The summed E-state index contributed by atoms with van der Waals surface area (Å²) in [5.74, 6) is -0.950. The van der Waals surface area contributed by atoms with E-state index < -0.39 is 11.7 Å². The normalized spacial score (nSPS) is 10.2. The number of halogens is 1. The number of nitrogens with one attached hydrogen (secondary N) is 1. The van der Waals surface area contributed by atoms with Crippen molar-refractivity contribution in [3.05, 3.63) is 64.3 Å². The molecule has 0 fully saturated rings. The van der Waals surface area contributed by atoms with E-state index >= 15 is 0 Å². The van der Waals surface area contributed by atoms with Gasteiger partial charge in [0.25, 0.3) is 5.56 Å². The van der Waals surface area contributed by atoms with Gasteiger partial charge in [0.1, 0.15) is 12.4 Å². The number of rotatable bonds is 3. The fourth-order valence-corrected chi connectivity index (χ4v) is 1.72. The molecule has 4 nitrogen and oxygen atoms in total. The van der Waals surface area contributed by atoms with Gasteiger partial charge in [-0.1, -0.05) is 18.2 Å². The van der Waals surface area contributed by atoms with Gasteiger partial charge >= 0.3 is 0 Å². The third-order valence-electron chi connectivity index (χ3n) is 2.72. The van der Waals surface area contributed by atoms with Crippen LogP contribution >= 0.6 is 0 Å². The van der Waals surface area contributed by atoms with Crippen LogP contribution in [-0.2, 0) is 11.3 Å². The van der Waals surface area contributed by atoms with Gasteiger partial charge in [0.2, 0.25) is 5.91 Å². The average Bonchev–Trinajstić information content (AvgIpc) is 2.37. The molecule has 1 heterocycles. The maximum Gasteiger partial charge on any atom is 0.251 e. The van der Waals surface area contributed by atoms with Gasteiger partial charge in [0.05, 0.1) is 5.69 Å². The van der Waals surface area contributed by atoms with Gasteiger partial charge in [-0.3, -0.25) is 9.59 Å². The summed E-state index contributed by atoms with van der Waals surface area (Å²) in [6.45, 7) is 1.59. The van der Waals surface area contributed by atoms with Gasteiger partial charge in [0.15, 0.2) is 0 Å². The molecule has 0 bridgehead atoms. The second-order valence-electron chi connectivity index (χ2n) is 4.12. The minimum Gasteiger partial charge on any atom is -0.322 e. The summed E-state index contributed by atoms with van der Waals surface area (Å²) in [4.78, 5) is 23.4. The number of aromatic nitrogens is 1. The molecule has 0 saturated carbocycles. The molecule has 1 aromatic heterocycles. The molecular formula is C14H13FN2O2. The van der Waals surface area contributed by atoms with Crippen LogP contribution in [0.25, 0.3) is 0 Å². The minimum atomic E-state index is -0.506. The fraction of sp³-hybridized carbons (Fsp3) is 0.143. The van der Waals surface area contributed by atoms with Crippen LogP contribution in [0.3, 0.4) is 0 Å². The van der Waals surface area contributed by atoms with Crippen molar-refractivity contribution in [3.63, 3.8) is 0 Å². The summed E-state index contributed by atoms with van der Waals surface area (Å²) < 4.78 is 14.7. The lowest BCUT2D eigenvalue weighted by molar-refractivity contribution is -0.116. The number of anilines is 1. The first-order chi connectivity index (χ1) is 9.08. The first-order valence-corrected chi connectivity index (χ1v) is 5.79. The maximum absolute atomic E-state index is 13.4. The number of hydrogen-bond acceptors (Lipinski definition) is 2. The van der Waals surface area contributed by atoms with E-state index in [1.807, 2.05) is 0 Å². The summed E-state index contributed by atoms with van der Waals surface area (Å²) >= 11 is 0. The zero-order valence-electron chi connectivity index (χ0n) is 10.4. The summed E-state index contributed by atoms with van der Waals surface area (Å²) in [5.41, 5.74) is 0.522. The zero-order chi connectivity index (χ0) is 13.8. The van der Waals surface area contributed by atoms with Crippen LogP contribution in [0.4, 0.5) is 10.1 Å². The van der Waals surface area contributed by atoms with E-state index in [9.17, 15) is 14.0 Å². The quantitative estimate of drug-likeness (QED) is 0.916. The lowest BCUT2D eigenvalue weighted by Crippen LogP contribution is -2.28. The van der Waals surface area contributed by atoms with Gasteiger partial charge in [-0.25, -0.2) is 4.39 Å². The molecule has 0 spiro atoms. The Hall–Kier alpha value is -2.43. The van der Waals surface area contributed by atoms with Crippen molar-refractivity contribution in [2.75, 3.05) is 5.32 Å². The highest BCUT2D eigenvalue weighted by molar-refractivity contribution is 5.90. The molecule has 98 valence electrons. The Morgan fingerprint density at radius 3 is 2.63 bits per heavy atom. The van der Waals surface area contributed by atoms with Crippen molar-refractivity contribution in [1.29, 1.82) is 0 Å². The first kappa shape index (κ1) is 13.0. The SMILES string of the molecule is Cc1cccc(=O)n1CC(=O)Nc1ccccc1F. The Morgan fingerprint density at radius 1 is 1.21 bits per heavy atom. The van der Waals surface area contributed by atoms with Crippen molar-refractivity contribution in [3.8, 4) is 0 Å². The largest absolute Gasteiger partial charge is 0.322 e. The Bertz CT molecular complexity index is 664. The number of para-hydroxylation sites is 1. The highest BCUT2D eigenvalue weighted by Gasteiger charge is 2.08. The molecule has 1 amide bonds. The molecule has 0 aliphatic rings. The number of carbonyl (C=O) groups excluding carboxylic acids is 1. The number of benzene rings is 1. The standard InChI is InChI=1S/C14H13FN2O2/c1-10-5-4-8-14(19)17(10)9-13(18)16-12-7-3-2-6-11(12)15/h2-8H,9H2,1H3,(H,16,18). The van der Waals surface area contributed by atoms with Crippen LogP contribution in [0.15, 0.2) is 47.3 Å². The molecule has 0 saturated heterocycles. The van der Waals surface area contributed by atoms with E-state index in [1.54, 1.807) is 25.1 Å². The molecule has 0 aliphatic heterocycles.